The van der Waals surface area contributed by atoms with E-state index >= 15 is 0 Å². The summed E-state index contributed by atoms with van der Waals surface area (Å²) in [6, 6.07) is 12.8. The third-order valence-corrected chi connectivity index (χ3v) is 6.06. The maximum Gasteiger partial charge on any atom is 0.251 e. The summed E-state index contributed by atoms with van der Waals surface area (Å²) in [5.74, 6) is -0.0818. The lowest BCUT2D eigenvalue weighted by atomic mass is 9.87. The fourth-order valence-corrected chi connectivity index (χ4v) is 4.58. The lowest BCUT2D eigenvalue weighted by molar-refractivity contribution is -0.130. The van der Waals surface area contributed by atoms with E-state index in [1.54, 1.807) is 37.4 Å². The maximum atomic E-state index is 13.4. The molecule has 2 aromatic carbocycles. The van der Waals surface area contributed by atoms with E-state index in [1.165, 1.54) is 17.0 Å². The Morgan fingerprint density at radius 3 is 2.60 bits per heavy atom. The number of guanidine groups is 1. The third-order valence-electron chi connectivity index (χ3n) is 6.06. The second-order valence-electron chi connectivity index (χ2n) is 9.78. The van der Waals surface area contributed by atoms with Gasteiger partial charge in [0.2, 0.25) is 5.91 Å². The topological polar surface area (TPSA) is 97.0 Å². The number of amides is 2. The highest BCUT2D eigenvalue weighted by Gasteiger charge is 2.36. The smallest absolute Gasteiger partial charge is 0.251 e. The molecule has 35 heavy (non-hydrogen) atoms. The Labute approximate surface area is 206 Å². The average Bonchev–Trinajstić information content (AvgIpc) is 2.79. The van der Waals surface area contributed by atoms with Gasteiger partial charge < -0.3 is 15.8 Å². The second kappa shape index (κ2) is 11.4. The average molecular weight is 483 g/mol. The molecule has 2 aromatic rings. The maximum absolute atomic E-state index is 13.4. The minimum Gasteiger partial charge on any atom is -0.385 e. The number of rotatable bonds is 10. The predicted molar refractivity (Wildman–Crippen MR) is 134 cm³/mol. The van der Waals surface area contributed by atoms with Gasteiger partial charge in [-0.2, -0.15) is 0 Å². The van der Waals surface area contributed by atoms with Crippen LogP contribution in [0.1, 0.15) is 67.6 Å². The SMILES string of the molecule is COCCC(NC(=O)c1cccc(CN2C(=O)CC(C)(CC(C)C)N=C2N)c1)c1ccc(F)cc1. The van der Waals surface area contributed by atoms with E-state index in [1.807, 2.05) is 13.0 Å². The molecule has 0 saturated heterocycles. The van der Waals surface area contributed by atoms with Gasteiger partial charge in [0.15, 0.2) is 5.96 Å². The molecule has 0 radical (unpaired) electrons. The quantitative estimate of drug-likeness (QED) is 0.531. The summed E-state index contributed by atoms with van der Waals surface area (Å²) < 4.78 is 18.5. The van der Waals surface area contributed by atoms with Gasteiger partial charge in [-0.15, -0.1) is 0 Å². The van der Waals surface area contributed by atoms with Crippen LogP contribution in [-0.4, -0.2) is 41.9 Å². The summed E-state index contributed by atoms with van der Waals surface area (Å²) in [4.78, 5) is 32.1. The van der Waals surface area contributed by atoms with Gasteiger partial charge in [0.1, 0.15) is 5.82 Å². The molecular weight excluding hydrogens is 447 g/mol. The number of ether oxygens (including phenoxy) is 1. The van der Waals surface area contributed by atoms with Crippen molar-refractivity contribution in [2.75, 3.05) is 13.7 Å². The molecule has 0 fully saturated rings. The largest absolute Gasteiger partial charge is 0.385 e. The molecular formula is C27H35FN4O3. The van der Waals surface area contributed by atoms with Crippen molar-refractivity contribution in [3.63, 3.8) is 0 Å². The highest BCUT2D eigenvalue weighted by molar-refractivity contribution is 5.99. The Kier molecular flexibility index (Phi) is 8.62. The molecule has 8 heteroatoms. The van der Waals surface area contributed by atoms with Gasteiger partial charge in [0.05, 0.1) is 24.5 Å². The number of benzene rings is 2. The molecule has 188 valence electrons. The summed E-state index contributed by atoms with van der Waals surface area (Å²) in [5, 5.41) is 3.01. The number of hydrogen-bond acceptors (Lipinski definition) is 5. The summed E-state index contributed by atoms with van der Waals surface area (Å²) in [6.07, 6.45) is 1.62. The first-order chi connectivity index (χ1) is 16.6. The van der Waals surface area contributed by atoms with Crippen LogP contribution in [-0.2, 0) is 16.1 Å². The molecule has 0 spiro atoms. The van der Waals surface area contributed by atoms with E-state index in [4.69, 9.17) is 10.5 Å². The second-order valence-corrected chi connectivity index (χ2v) is 9.78. The Morgan fingerprint density at radius 1 is 1.26 bits per heavy atom. The van der Waals surface area contributed by atoms with Crippen molar-refractivity contribution in [3.05, 3.63) is 71.0 Å². The van der Waals surface area contributed by atoms with Crippen molar-refractivity contribution in [3.8, 4) is 0 Å². The zero-order chi connectivity index (χ0) is 25.6. The van der Waals surface area contributed by atoms with Gasteiger partial charge in [-0.05, 0) is 61.1 Å². The van der Waals surface area contributed by atoms with Crippen molar-refractivity contribution in [2.24, 2.45) is 16.6 Å². The summed E-state index contributed by atoms with van der Waals surface area (Å²) in [6.45, 7) is 6.83. The van der Waals surface area contributed by atoms with E-state index in [-0.39, 0.29) is 36.2 Å². The first kappa shape index (κ1) is 26.3. The van der Waals surface area contributed by atoms with Crippen LogP contribution in [0, 0.1) is 11.7 Å². The zero-order valence-electron chi connectivity index (χ0n) is 20.9. The fraction of sp³-hybridized carbons (Fsp3) is 0.444. The summed E-state index contributed by atoms with van der Waals surface area (Å²) in [7, 11) is 1.59. The molecule has 0 aliphatic carbocycles. The number of carbonyl (C=O) groups is 2. The van der Waals surface area contributed by atoms with E-state index in [0.717, 1.165) is 17.5 Å². The first-order valence-corrected chi connectivity index (χ1v) is 11.9. The van der Waals surface area contributed by atoms with Crippen molar-refractivity contribution >= 4 is 17.8 Å². The number of halogens is 1. The molecule has 0 aromatic heterocycles. The number of carbonyl (C=O) groups excluding carboxylic acids is 2. The third kappa shape index (κ3) is 7.11. The van der Waals surface area contributed by atoms with E-state index in [9.17, 15) is 14.0 Å². The Hall–Kier alpha value is -3.26. The van der Waals surface area contributed by atoms with Crippen LogP contribution in [0.5, 0.6) is 0 Å². The van der Waals surface area contributed by atoms with Crippen molar-refractivity contribution < 1.29 is 18.7 Å². The Morgan fingerprint density at radius 2 is 1.97 bits per heavy atom. The van der Waals surface area contributed by atoms with Gasteiger partial charge in [0, 0.05) is 19.3 Å². The van der Waals surface area contributed by atoms with Crippen LogP contribution in [0.3, 0.4) is 0 Å². The number of nitrogens with two attached hydrogens (primary N) is 1. The highest BCUT2D eigenvalue weighted by Crippen LogP contribution is 2.29. The lowest BCUT2D eigenvalue weighted by Crippen LogP contribution is -2.50. The molecule has 1 aliphatic rings. The van der Waals surface area contributed by atoms with E-state index in [0.29, 0.717) is 30.9 Å². The molecule has 2 amide bonds. The van der Waals surface area contributed by atoms with Crippen molar-refractivity contribution in [1.82, 2.24) is 10.2 Å². The number of hydrogen-bond donors (Lipinski definition) is 2. The molecule has 1 aliphatic heterocycles. The first-order valence-electron chi connectivity index (χ1n) is 11.9. The van der Waals surface area contributed by atoms with Crippen LogP contribution in [0.15, 0.2) is 53.5 Å². The molecule has 7 nitrogen and oxygen atoms in total. The number of nitrogens with zero attached hydrogens (tertiary/aromatic N) is 2. The number of methoxy groups -OCH3 is 1. The van der Waals surface area contributed by atoms with Crippen LogP contribution >= 0.6 is 0 Å². The van der Waals surface area contributed by atoms with E-state index < -0.39 is 5.54 Å². The number of nitrogens with one attached hydrogen (secondary N) is 1. The van der Waals surface area contributed by atoms with Gasteiger partial charge in [-0.3, -0.25) is 14.5 Å². The van der Waals surface area contributed by atoms with Crippen molar-refractivity contribution in [2.45, 2.75) is 58.2 Å². The van der Waals surface area contributed by atoms with Gasteiger partial charge >= 0.3 is 0 Å². The summed E-state index contributed by atoms with van der Waals surface area (Å²) >= 11 is 0. The fourth-order valence-electron chi connectivity index (χ4n) is 4.58. The normalized spacial score (nSPS) is 19.0. The molecule has 2 unspecified atom stereocenters. The standard InChI is InChI=1S/C27H35FN4O3/c1-18(2)15-27(3)16-24(33)32(26(29)31-27)17-19-6-5-7-21(14-19)25(34)30-23(12-13-35-4)20-8-10-22(28)11-9-20/h5-11,14,18,23H,12-13,15-17H2,1-4H3,(H2,29,31)(H,30,34). The Balaban J connectivity index is 1.74. The molecule has 0 saturated carbocycles. The molecule has 2 atom stereocenters. The van der Waals surface area contributed by atoms with Gasteiger partial charge in [0.25, 0.3) is 5.91 Å². The zero-order valence-corrected chi connectivity index (χ0v) is 20.9. The number of aliphatic imine (C=N–C) groups is 1. The van der Waals surface area contributed by atoms with Crippen LogP contribution in [0.4, 0.5) is 4.39 Å². The summed E-state index contributed by atoms with van der Waals surface area (Å²) in [5.41, 5.74) is 7.71. The minimum atomic E-state index is -0.495. The van der Waals surface area contributed by atoms with Crippen molar-refractivity contribution in [1.29, 1.82) is 0 Å². The lowest BCUT2D eigenvalue weighted by Gasteiger charge is -2.36. The Bertz CT molecular complexity index is 1070. The van der Waals surface area contributed by atoms with Crippen LogP contribution in [0.25, 0.3) is 0 Å². The predicted octanol–water partition coefficient (Wildman–Crippen LogP) is 4.19. The molecule has 0 bridgehead atoms. The van der Waals surface area contributed by atoms with Gasteiger partial charge in [-0.1, -0.05) is 38.1 Å². The highest BCUT2D eigenvalue weighted by atomic mass is 19.1. The van der Waals surface area contributed by atoms with E-state index in [2.05, 4.69) is 24.2 Å². The van der Waals surface area contributed by atoms with Crippen LogP contribution < -0.4 is 11.1 Å². The minimum absolute atomic E-state index is 0.0774. The molecule has 3 N–H and O–H groups in total. The molecule has 3 rings (SSSR count). The monoisotopic (exact) mass is 482 g/mol. The molecule has 1 heterocycles. The van der Waals surface area contributed by atoms with Gasteiger partial charge in [-0.25, -0.2) is 9.38 Å². The van der Waals surface area contributed by atoms with Crippen LogP contribution in [0.2, 0.25) is 0 Å².